The lowest BCUT2D eigenvalue weighted by Gasteiger charge is -2.40. The third-order valence-electron chi connectivity index (χ3n) is 3.99. The first-order valence-corrected chi connectivity index (χ1v) is 6.80. The molecule has 0 amide bonds. The van der Waals surface area contributed by atoms with Crippen molar-refractivity contribution in [2.75, 3.05) is 25.1 Å². The summed E-state index contributed by atoms with van der Waals surface area (Å²) in [4.78, 5) is 2.06. The van der Waals surface area contributed by atoms with Gasteiger partial charge in [-0.15, -0.1) is 0 Å². The predicted octanol–water partition coefficient (Wildman–Crippen LogP) is 2.85. The van der Waals surface area contributed by atoms with Gasteiger partial charge < -0.3 is 15.4 Å². The average molecular weight is 266 g/mol. The smallest absolute Gasteiger partial charge is 0.146 e. The first-order chi connectivity index (χ1) is 8.95. The number of hydrogen-bond donors (Lipinski definition) is 1. The number of piperidine rings is 1. The highest BCUT2D eigenvalue weighted by Crippen LogP contribution is 2.30. The van der Waals surface area contributed by atoms with Crippen LogP contribution in [0.3, 0.4) is 0 Å². The molecule has 0 radical (unpaired) electrons. The van der Waals surface area contributed by atoms with Crippen molar-refractivity contribution < 1.29 is 9.13 Å². The number of methoxy groups -OCH3 is 1. The molecule has 106 valence electrons. The van der Waals surface area contributed by atoms with E-state index in [1.54, 1.807) is 13.2 Å². The van der Waals surface area contributed by atoms with Crippen LogP contribution in [-0.4, -0.2) is 25.8 Å². The molecule has 4 heteroatoms. The van der Waals surface area contributed by atoms with Gasteiger partial charge in [0.1, 0.15) is 5.82 Å². The predicted molar refractivity (Wildman–Crippen MR) is 75.9 cm³/mol. The topological polar surface area (TPSA) is 38.5 Å². The van der Waals surface area contributed by atoms with Gasteiger partial charge in [-0.2, -0.15) is 0 Å². The summed E-state index contributed by atoms with van der Waals surface area (Å²) in [7, 11) is 1.72. The molecular weight excluding hydrogens is 243 g/mol. The van der Waals surface area contributed by atoms with Crippen LogP contribution in [0.1, 0.15) is 38.3 Å². The zero-order chi connectivity index (χ0) is 14.0. The number of halogens is 1. The number of benzene rings is 1. The minimum absolute atomic E-state index is 0.144. The quantitative estimate of drug-likeness (QED) is 0.914. The van der Waals surface area contributed by atoms with Crippen LogP contribution in [0.4, 0.5) is 10.1 Å². The Bertz CT molecular complexity index is 450. The monoisotopic (exact) mass is 266 g/mol. The van der Waals surface area contributed by atoms with Crippen LogP contribution in [-0.2, 0) is 4.74 Å². The van der Waals surface area contributed by atoms with Gasteiger partial charge in [-0.3, -0.25) is 0 Å². The molecule has 1 saturated heterocycles. The maximum Gasteiger partial charge on any atom is 0.146 e. The van der Waals surface area contributed by atoms with Crippen LogP contribution in [0, 0.1) is 5.82 Å². The lowest BCUT2D eigenvalue weighted by Crippen LogP contribution is -2.47. The number of nitrogens with two attached hydrogens (primary N) is 1. The van der Waals surface area contributed by atoms with Gasteiger partial charge >= 0.3 is 0 Å². The summed E-state index contributed by atoms with van der Waals surface area (Å²) in [6.45, 7) is 5.52. The Labute approximate surface area is 114 Å². The van der Waals surface area contributed by atoms with Crippen LogP contribution in [0.5, 0.6) is 0 Å². The Morgan fingerprint density at radius 1 is 1.47 bits per heavy atom. The van der Waals surface area contributed by atoms with E-state index in [1.807, 2.05) is 19.1 Å². The van der Waals surface area contributed by atoms with Crippen LogP contribution in [0.15, 0.2) is 18.2 Å². The zero-order valence-corrected chi connectivity index (χ0v) is 11.9. The van der Waals surface area contributed by atoms with Crippen LogP contribution in [0.2, 0.25) is 0 Å². The van der Waals surface area contributed by atoms with E-state index in [4.69, 9.17) is 10.5 Å². The lowest BCUT2D eigenvalue weighted by molar-refractivity contribution is -0.00477. The molecule has 1 unspecified atom stereocenters. The highest BCUT2D eigenvalue weighted by atomic mass is 19.1. The summed E-state index contributed by atoms with van der Waals surface area (Å²) in [5, 5.41) is 0. The van der Waals surface area contributed by atoms with Crippen molar-refractivity contribution in [1.82, 2.24) is 0 Å². The van der Waals surface area contributed by atoms with Crippen molar-refractivity contribution in [2.24, 2.45) is 5.73 Å². The Morgan fingerprint density at radius 2 is 2.21 bits per heavy atom. The SMILES string of the molecule is COC1(C)CCCN(c2ccc([C@@H](C)N)cc2F)C1. The fraction of sp³-hybridized carbons (Fsp3) is 0.600. The Balaban J connectivity index is 2.22. The number of hydrogen-bond acceptors (Lipinski definition) is 3. The molecule has 1 aliphatic rings. The minimum Gasteiger partial charge on any atom is -0.377 e. The standard InChI is InChI=1S/C15H23FN2O/c1-11(17)12-5-6-14(13(16)9-12)18-8-4-7-15(2,10-18)19-3/h5-6,9,11H,4,7-8,10,17H2,1-3H3/t11-,15?/m1/s1. The maximum absolute atomic E-state index is 14.2. The van der Waals surface area contributed by atoms with Crippen LogP contribution in [0.25, 0.3) is 0 Å². The summed E-state index contributed by atoms with van der Waals surface area (Å²) in [5.74, 6) is -0.199. The molecule has 0 bridgehead atoms. The summed E-state index contributed by atoms with van der Waals surface area (Å²) in [5.41, 5.74) is 7.06. The average Bonchev–Trinajstić information content (AvgIpc) is 2.38. The first-order valence-electron chi connectivity index (χ1n) is 6.80. The summed E-state index contributed by atoms with van der Waals surface area (Å²) >= 11 is 0. The summed E-state index contributed by atoms with van der Waals surface area (Å²) < 4.78 is 19.8. The molecule has 1 fully saturated rings. The Morgan fingerprint density at radius 3 is 2.79 bits per heavy atom. The lowest BCUT2D eigenvalue weighted by atomic mass is 9.94. The van der Waals surface area contributed by atoms with Crippen molar-refractivity contribution >= 4 is 5.69 Å². The van der Waals surface area contributed by atoms with Gasteiger partial charge in [0.15, 0.2) is 0 Å². The van der Waals surface area contributed by atoms with Gasteiger partial charge in [0.2, 0.25) is 0 Å². The molecule has 0 spiro atoms. The number of ether oxygens (including phenoxy) is 1. The Hall–Kier alpha value is -1.13. The molecule has 19 heavy (non-hydrogen) atoms. The molecule has 0 aliphatic carbocycles. The second-order valence-electron chi connectivity index (χ2n) is 5.68. The van der Waals surface area contributed by atoms with Crippen molar-refractivity contribution in [1.29, 1.82) is 0 Å². The normalized spacial score (nSPS) is 25.4. The van der Waals surface area contributed by atoms with Gasteiger partial charge in [-0.1, -0.05) is 6.07 Å². The first kappa shape index (κ1) is 14.3. The number of nitrogens with zero attached hydrogens (tertiary/aromatic N) is 1. The van der Waals surface area contributed by atoms with Crippen LogP contribution >= 0.6 is 0 Å². The molecule has 2 N–H and O–H groups in total. The van der Waals surface area contributed by atoms with Gasteiger partial charge in [-0.05, 0) is 44.4 Å². The molecule has 1 aromatic carbocycles. The molecule has 2 rings (SSSR count). The fourth-order valence-corrected chi connectivity index (χ4v) is 2.64. The van der Waals surface area contributed by atoms with Gasteiger partial charge in [0.05, 0.1) is 11.3 Å². The zero-order valence-electron chi connectivity index (χ0n) is 11.9. The van der Waals surface area contributed by atoms with E-state index in [1.165, 1.54) is 0 Å². The largest absolute Gasteiger partial charge is 0.377 e. The van der Waals surface area contributed by atoms with Crippen molar-refractivity contribution in [3.63, 3.8) is 0 Å². The molecule has 1 aromatic rings. The van der Waals surface area contributed by atoms with Crippen LogP contribution < -0.4 is 10.6 Å². The molecule has 0 aromatic heterocycles. The van der Waals surface area contributed by atoms with Crippen molar-refractivity contribution in [3.8, 4) is 0 Å². The second kappa shape index (κ2) is 5.47. The van der Waals surface area contributed by atoms with E-state index in [2.05, 4.69) is 11.8 Å². The maximum atomic E-state index is 14.2. The summed E-state index contributed by atoms with van der Waals surface area (Å²) in [6.07, 6.45) is 2.03. The highest BCUT2D eigenvalue weighted by Gasteiger charge is 2.31. The van der Waals surface area contributed by atoms with Gasteiger partial charge in [0, 0.05) is 26.2 Å². The third-order valence-corrected chi connectivity index (χ3v) is 3.99. The molecule has 2 atom stereocenters. The molecule has 3 nitrogen and oxygen atoms in total. The highest BCUT2D eigenvalue weighted by molar-refractivity contribution is 5.50. The number of anilines is 1. The summed E-state index contributed by atoms with van der Waals surface area (Å²) in [6, 6.07) is 5.13. The molecule has 0 saturated carbocycles. The molecular formula is C15H23FN2O. The molecule has 1 heterocycles. The Kier molecular flexibility index (Phi) is 4.11. The van der Waals surface area contributed by atoms with E-state index < -0.39 is 0 Å². The third kappa shape index (κ3) is 3.07. The van der Waals surface area contributed by atoms with Crippen molar-refractivity contribution in [3.05, 3.63) is 29.6 Å². The number of rotatable bonds is 3. The van der Waals surface area contributed by atoms with E-state index in [9.17, 15) is 4.39 Å². The van der Waals surface area contributed by atoms with Crippen molar-refractivity contribution in [2.45, 2.75) is 38.3 Å². The van der Waals surface area contributed by atoms with Gasteiger partial charge in [0.25, 0.3) is 0 Å². The molecule has 1 aliphatic heterocycles. The van der Waals surface area contributed by atoms with E-state index in [0.717, 1.165) is 31.5 Å². The van der Waals surface area contributed by atoms with E-state index in [-0.39, 0.29) is 17.5 Å². The minimum atomic E-state index is -0.199. The second-order valence-corrected chi connectivity index (χ2v) is 5.68. The van der Waals surface area contributed by atoms with Gasteiger partial charge in [-0.25, -0.2) is 4.39 Å². The van der Waals surface area contributed by atoms with E-state index >= 15 is 0 Å². The fourth-order valence-electron chi connectivity index (χ4n) is 2.64. The van der Waals surface area contributed by atoms with E-state index in [0.29, 0.717) is 5.69 Å².